The van der Waals surface area contributed by atoms with E-state index < -0.39 is 26.5 Å². The van der Waals surface area contributed by atoms with Crippen molar-refractivity contribution >= 4 is 56.4 Å². The molecule has 0 saturated carbocycles. The number of thioether (sulfide) groups is 1. The molecule has 1 atom stereocenters. The van der Waals surface area contributed by atoms with Crippen molar-refractivity contribution < 1.29 is 18.1 Å². The zero-order valence-corrected chi connectivity index (χ0v) is 34.4. The molecule has 57 heavy (non-hydrogen) atoms. The predicted octanol–water partition coefficient (Wildman–Crippen LogP) is 8.27. The molecule has 11 nitrogen and oxygen atoms in total. The average Bonchev–Trinajstić information content (AvgIpc) is 3.23. The highest BCUT2D eigenvalue weighted by Crippen LogP contribution is 2.31. The third-order valence-electron chi connectivity index (χ3n) is 10.1. The van der Waals surface area contributed by atoms with Crippen LogP contribution in [-0.2, 0) is 16.6 Å². The molecular formula is C43H47ClN6O5S2. The minimum Gasteiger partial charge on any atom is -0.375 e. The van der Waals surface area contributed by atoms with Crippen LogP contribution in [0.25, 0.3) is 11.1 Å². The Morgan fingerprint density at radius 2 is 1.54 bits per heavy atom. The number of hydrogen-bond acceptors (Lipinski definition) is 10. The maximum atomic E-state index is 13.4. The van der Waals surface area contributed by atoms with Crippen LogP contribution in [0.15, 0.2) is 131 Å². The first-order valence-electron chi connectivity index (χ1n) is 19.0. The number of benzene rings is 5. The molecule has 1 fully saturated rings. The maximum absolute atomic E-state index is 13.4. The summed E-state index contributed by atoms with van der Waals surface area (Å²) in [6.45, 7) is 10.5. The normalized spacial score (nSPS) is 14.0. The molecule has 0 radical (unpaired) electrons. The van der Waals surface area contributed by atoms with Crippen LogP contribution in [0.5, 0.6) is 0 Å². The van der Waals surface area contributed by atoms with Gasteiger partial charge in [0.05, 0.1) is 9.82 Å². The number of nitrogens with one attached hydrogen (secondary N) is 2. The molecule has 0 aromatic heterocycles. The van der Waals surface area contributed by atoms with Crippen molar-refractivity contribution in [2.24, 2.45) is 0 Å². The Balaban J connectivity index is 1.07. The summed E-state index contributed by atoms with van der Waals surface area (Å²) in [4.78, 5) is 32.4. The van der Waals surface area contributed by atoms with Crippen molar-refractivity contribution in [1.29, 1.82) is 0 Å². The molecule has 1 saturated heterocycles. The van der Waals surface area contributed by atoms with Gasteiger partial charge in [0.15, 0.2) is 0 Å². The predicted molar refractivity (Wildman–Crippen MR) is 231 cm³/mol. The first-order valence-corrected chi connectivity index (χ1v) is 21.8. The van der Waals surface area contributed by atoms with Gasteiger partial charge in [0.2, 0.25) is 0 Å². The van der Waals surface area contributed by atoms with Crippen molar-refractivity contribution in [2.75, 3.05) is 61.8 Å². The molecule has 1 aliphatic rings. The van der Waals surface area contributed by atoms with Gasteiger partial charge in [-0.3, -0.25) is 19.8 Å². The van der Waals surface area contributed by atoms with E-state index in [0.717, 1.165) is 68.0 Å². The molecule has 2 N–H and O–H groups in total. The molecule has 0 aliphatic carbocycles. The number of amides is 1. The largest absolute Gasteiger partial charge is 0.375 e. The molecule has 6 rings (SSSR count). The minimum atomic E-state index is -4.43. The van der Waals surface area contributed by atoms with Crippen LogP contribution >= 0.6 is 23.4 Å². The zero-order chi connectivity index (χ0) is 40.4. The summed E-state index contributed by atoms with van der Waals surface area (Å²) < 4.78 is 28.9. The molecule has 5 aromatic carbocycles. The van der Waals surface area contributed by atoms with E-state index >= 15 is 0 Å². The summed E-state index contributed by atoms with van der Waals surface area (Å²) in [6, 6.07) is 36.5. The minimum absolute atomic E-state index is 0.155. The molecular weight excluding hydrogens is 780 g/mol. The van der Waals surface area contributed by atoms with E-state index in [1.165, 1.54) is 23.3 Å². The molecule has 0 bridgehead atoms. The molecule has 298 valence electrons. The Kier molecular flexibility index (Phi) is 14.3. The third kappa shape index (κ3) is 11.1. The third-order valence-corrected chi connectivity index (χ3v) is 12.8. The molecule has 5 aromatic rings. The Hall–Kier alpha value is -4.92. The number of rotatable bonds is 17. The molecule has 1 amide bonds. The number of carbonyl (C=O) groups excluding carboxylic acids is 1. The number of carbonyl (C=O) groups is 1. The van der Waals surface area contributed by atoms with E-state index in [4.69, 9.17) is 11.6 Å². The van der Waals surface area contributed by atoms with E-state index in [2.05, 4.69) is 56.8 Å². The molecule has 1 heterocycles. The SMILES string of the molecule is CCN(CC)C[C@H](CSc1ccccc1)Nc1ccc(S(=O)(=O)NC(=O)c2ccc(N3CCN(Cc4ccccc4-c4ccc(Cl)cc4)CC3)cc2)cc1[N+](=O)[O-]. The highest BCUT2D eigenvalue weighted by atomic mass is 35.5. The zero-order valence-electron chi connectivity index (χ0n) is 32.0. The Labute approximate surface area is 344 Å². The second kappa shape index (κ2) is 19.5. The number of piperazine rings is 1. The van der Waals surface area contributed by atoms with Gasteiger partial charge in [-0.2, -0.15) is 0 Å². The lowest BCUT2D eigenvalue weighted by molar-refractivity contribution is -0.384. The van der Waals surface area contributed by atoms with Gasteiger partial charge in [-0.1, -0.05) is 80.0 Å². The quantitative estimate of drug-likeness (QED) is 0.0537. The van der Waals surface area contributed by atoms with Crippen molar-refractivity contribution in [2.45, 2.75) is 36.2 Å². The number of likely N-dealkylation sites (N-methyl/N-ethyl adjacent to an activating group) is 1. The molecule has 14 heteroatoms. The summed E-state index contributed by atoms with van der Waals surface area (Å²) in [5, 5.41) is 16.2. The number of halogens is 1. The van der Waals surface area contributed by atoms with Crippen LogP contribution in [0.4, 0.5) is 17.1 Å². The Bertz CT molecular complexity index is 2230. The first kappa shape index (κ1) is 41.7. The van der Waals surface area contributed by atoms with Gasteiger partial charge in [0.1, 0.15) is 5.69 Å². The van der Waals surface area contributed by atoms with Crippen LogP contribution in [0.1, 0.15) is 29.8 Å². The second-order valence-electron chi connectivity index (χ2n) is 13.8. The summed E-state index contributed by atoms with van der Waals surface area (Å²) >= 11 is 7.75. The van der Waals surface area contributed by atoms with Crippen molar-refractivity contribution in [3.8, 4) is 11.1 Å². The van der Waals surface area contributed by atoms with Crippen LogP contribution in [0, 0.1) is 10.1 Å². The van der Waals surface area contributed by atoms with E-state index in [1.54, 1.807) is 23.9 Å². The first-order chi connectivity index (χ1) is 27.5. The van der Waals surface area contributed by atoms with Crippen molar-refractivity contribution in [1.82, 2.24) is 14.5 Å². The number of nitrogens with zero attached hydrogens (tertiary/aromatic N) is 4. The maximum Gasteiger partial charge on any atom is 0.293 e. The topological polar surface area (TPSA) is 128 Å². The molecule has 1 aliphatic heterocycles. The van der Waals surface area contributed by atoms with Crippen LogP contribution in [0.3, 0.4) is 0 Å². The van der Waals surface area contributed by atoms with Gasteiger partial charge in [0.25, 0.3) is 21.6 Å². The average molecular weight is 827 g/mol. The van der Waals surface area contributed by atoms with E-state index in [0.29, 0.717) is 17.3 Å². The number of sulfonamides is 1. The van der Waals surface area contributed by atoms with Crippen LogP contribution in [0.2, 0.25) is 5.02 Å². The summed E-state index contributed by atoms with van der Waals surface area (Å²) in [6.07, 6.45) is 0. The fourth-order valence-corrected chi connectivity index (χ4v) is 8.91. The molecule has 0 unspecified atom stereocenters. The van der Waals surface area contributed by atoms with E-state index in [9.17, 15) is 23.3 Å². The fraction of sp³-hybridized carbons (Fsp3) is 0.279. The van der Waals surface area contributed by atoms with Crippen LogP contribution in [-0.4, -0.2) is 86.7 Å². The number of anilines is 2. The Morgan fingerprint density at radius 3 is 2.21 bits per heavy atom. The van der Waals surface area contributed by atoms with Crippen LogP contribution < -0.4 is 14.9 Å². The highest BCUT2D eigenvalue weighted by molar-refractivity contribution is 7.99. The monoisotopic (exact) mass is 826 g/mol. The van der Waals surface area contributed by atoms with E-state index in [1.807, 2.05) is 72.8 Å². The van der Waals surface area contributed by atoms with Gasteiger partial charge in [-0.25, -0.2) is 13.1 Å². The van der Waals surface area contributed by atoms with Gasteiger partial charge < -0.3 is 15.1 Å². The number of nitro benzene ring substituents is 1. The fourth-order valence-electron chi connectivity index (χ4n) is 6.86. The summed E-state index contributed by atoms with van der Waals surface area (Å²) in [5.41, 5.74) is 4.45. The van der Waals surface area contributed by atoms with Crippen molar-refractivity contribution in [3.05, 3.63) is 148 Å². The summed E-state index contributed by atoms with van der Waals surface area (Å²) in [7, 11) is -4.43. The molecule has 0 spiro atoms. The number of hydrogen-bond donors (Lipinski definition) is 2. The standard InChI is InChI=1S/C43H47ClN6O5S2/c1-3-47(4-2)30-36(31-56-38-11-6-5-7-12-38)45-41-23-22-39(28-42(41)50(52)53)57(54,55)46-43(51)33-16-20-37(21-17-33)49-26-24-48(25-27-49)29-34-10-8-9-13-40(34)32-14-18-35(44)19-15-32/h5-23,28,36,45H,3-4,24-27,29-31H2,1-2H3,(H,46,51)/t36-/m1/s1. The van der Waals surface area contributed by atoms with Gasteiger partial charge >= 0.3 is 0 Å². The Morgan fingerprint density at radius 1 is 0.877 bits per heavy atom. The van der Waals surface area contributed by atoms with Gasteiger partial charge in [0, 0.05) is 78.3 Å². The van der Waals surface area contributed by atoms with Gasteiger partial charge in [-0.05, 0) is 90.4 Å². The van der Waals surface area contributed by atoms with E-state index in [-0.39, 0.29) is 22.2 Å². The summed E-state index contributed by atoms with van der Waals surface area (Å²) in [5.74, 6) is -0.198. The smallest absolute Gasteiger partial charge is 0.293 e. The lowest BCUT2D eigenvalue weighted by Gasteiger charge is -2.36. The van der Waals surface area contributed by atoms with Crippen molar-refractivity contribution in [3.63, 3.8) is 0 Å². The lowest BCUT2D eigenvalue weighted by atomic mass is 9.99. The lowest BCUT2D eigenvalue weighted by Crippen LogP contribution is -2.46. The second-order valence-corrected chi connectivity index (χ2v) is 17.0. The highest BCUT2D eigenvalue weighted by Gasteiger charge is 2.26. The van der Waals surface area contributed by atoms with Gasteiger partial charge in [-0.15, -0.1) is 11.8 Å². The number of nitro groups is 1.